The molecule has 6 heteroatoms. The molecule has 0 aromatic heterocycles. The molecule has 5 nitrogen and oxygen atoms in total. The topological polar surface area (TPSA) is 46.2 Å². The van der Waals surface area contributed by atoms with Crippen molar-refractivity contribution in [2.45, 2.75) is 50.5 Å². The van der Waals surface area contributed by atoms with Crippen LogP contribution in [0.3, 0.4) is 0 Å². The first-order valence-electron chi connectivity index (χ1n) is 11.5. The summed E-state index contributed by atoms with van der Waals surface area (Å²) in [6.45, 7) is 1.31. The van der Waals surface area contributed by atoms with Crippen LogP contribution in [0.4, 0.5) is 0 Å². The molecular weight excluding hydrogens is 496 g/mol. The molecule has 1 heterocycles. The van der Waals surface area contributed by atoms with Gasteiger partial charge in [-0.1, -0.05) is 107 Å². The average molecular weight is 527 g/mol. The van der Waals surface area contributed by atoms with E-state index in [1.807, 2.05) is 78.9 Å². The number of benzene rings is 3. The van der Waals surface area contributed by atoms with Crippen molar-refractivity contribution < 1.29 is 23.7 Å². The van der Waals surface area contributed by atoms with E-state index in [1.165, 1.54) is 0 Å². The van der Waals surface area contributed by atoms with Gasteiger partial charge in [-0.3, -0.25) is 0 Å². The quantitative estimate of drug-likeness (QED) is 0.308. The smallest absolute Gasteiger partial charge is 0.186 e. The summed E-state index contributed by atoms with van der Waals surface area (Å²) in [7, 11) is 1.63. The number of hydrogen-bond donors (Lipinski definition) is 0. The van der Waals surface area contributed by atoms with Crippen LogP contribution in [0, 0.1) is 0 Å². The molecule has 3 aromatic carbocycles. The van der Waals surface area contributed by atoms with E-state index in [2.05, 4.69) is 28.1 Å². The number of halogens is 1. The Hall–Kier alpha value is -2.06. The first-order chi connectivity index (χ1) is 16.8. The van der Waals surface area contributed by atoms with Gasteiger partial charge in [0.05, 0.1) is 25.9 Å². The summed E-state index contributed by atoms with van der Waals surface area (Å²) in [5, 5.41) is 0.586. The van der Waals surface area contributed by atoms with Gasteiger partial charge in [0.15, 0.2) is 6.29 Å². The lowest BCUT2D eigenvalue weighted by Gasteiger charge is -2.45. The summed E-state index contributed by atoms with van der Waals surface area (Å²) < 4.78 is 31.3. The number of methoxy groups -OCH3 is 1. The summed E-state index contributed by atoms with van der Waals surface area (Å²) >= 11 is 3.60. The Morgan fingerprint density at radius 2 is 1.03 bits per heavy atom. The molecule has 1 saturated heterocycles. The van der Waals surface area contributed by atoms with Crippen LogP contribution in [0.1, 0.15) is 16.7 Å². The second-order valence-electron chi connectivity index (χ2n) is 8.22. The van der Waals surface area contributed by atoms with Crippen LogP contribution in [0.5, 0.6) is 0 Å². The van der Waals surface area contributed by atoms with Crippen LogP contribution in [0.15, 0.2) is 91.0 Å². The van der Waals surface area contributed by atoms with Crippen molar-refractivity contribution >= 4 is 15.9 Å². The maximum absolute atomic E-state index is 6.50. The molecule has 0 N–H and O–H groups in total. The minimum atomic E-state index is -0.580. The molecule has 4 rings (SSSR count). The Bertz CT molecular complexity index is 899. The maximum atomic E-state index is 6.50. The zero-order chi connectivity index (χ0) is 23.6. The monoisotopic (exact) mass is 526 g/mol. The van der Waals surface area contributed by atoms with E-state index in [4.69, 9.17) is 23.7 Å². The van der Waals surface area contributed by atoms with Gasteiger partial charge < -0.3 is 23.7 Å². The first kappa shape index (κ1) is 25.0. The highest BCUT2D eigenvalue weighted by atomic mass is 79.9. The molecule has 180 valence electrons. The minimum Gasteiger partial charge on any atom is -0.368 e. The number of alkyl halides is 1. The second kappa shape index (κ2) is 13.1. The van der Waals surface area contributed by atoms with E-state index in [1.54, 1.807) is 7.11 Å². The molecule has 1 aliphatic rings. The van der Waals surface area contributed by atoms with Crippen molar-refractivity contribution in [1.82, 2.24) is 0 Å². The van der Waals surface area contributed by atoms with Crippen molar-refractivity contribution in [3.8, 4) is 0 Å². The largest absolute Gasteiger partial charge is 0.368 e. The van der Waals surface area contributed by atoms with E-state index in [0.717, 1.165) is 16.7 Å². The summed E-state index contributed by atoms with van der Waals surface area (Å²) in [5.74, 6) is 0. The highest BCUT2D eigenvalue weighted by Crippen LogP contribution is 2.31. The molecular formula is C28H31BrO5. The predicted octanol–water partition coefficient (Wildman–Crippen LogP) is 5.51. The minimum absolute atomic E-state index is 0.258. The van der Waals surface area contributed by atoms with Crippen LogP contribution in [-0.4, -0.2) is 43.1 Å². The fraction of sp³-hybridized carbons (Fsp3) is 0.357. The molecule has 1 aliphatic heterocycles. The summed E-state index contributed by atoms with van der Waals surface area (Å²) in [5.41, 5.74) is 3.25. The van der Waals surface area contributed by atoms with Gasteiger partial charge in [0, 0.05) is 12.4 Å². The van der Waals surface area contributed by atoms with Crippen LogP contribution < -0.4 is 0 Å². The molecule has 0 aliphatic carbocycles. The molecule has 5 atom stereocenters. The molecule has 0 saturated carbocycles. The summed E-state index contributed by atoms with van der Waals surface area (Å²) in [6.07, 6.45) is -2.05. The predicted molar refractivity (Wildman–Crippen MR) is 135 cm³/mol. The summed E-state index contributed by atoms with van der Waals surface area (Å²) in [6, 6.07) is 30.3. The van der Waals surface area contributed by atoms with Gasteiger partial charge in [-0.15, -0.1) is 0 Å². The Balaban J connectivity index is 1.56. The Labute approximate surface area is 210 Å². The van der Waals surface area contributed by atoms with E-state index >= 15 is 0 Å². The highest BCUT2D eigenvalue weighted by Gasteiger charge is 2.48. The van der Waals surface area contributed by atoms with Gasteiger partial charge in [0.1, 0.15) is 18.3 Å². The van der Waals surface area contributed by atoms with E-state index in [-0.39, 0.29) is 12.2 Å². The zero-order valence-corrected chi connectivity index (χ0v) is 20.9. The Kier molecular flexibility index (Phi) is 9.68. The third-order valence-electron chi connectivity index (χ3n) is 5.83. The van der Waals surface area contributed by atoms with Crippen molar-refractivity contribution in [3.05, 3.63) is 108 Å². The van der Waals surface area contributed by atoms with Gasteiger partial charge in [0.25, 0.3) is 0 Å². The maximum Gasteiger partial charge on any atom is 0.186 e. The highest BCUT2D eigenvalue weighted by molar-refractivity contribution is 9.09. The second-order valence-corrected chi connectivity index (χ2v) is 8.86. The lowest BCUT2D eigenvalue weighted by atomic mass is 9.98. The van der Waals surface area contributed by atoms with Crippen LogP contribution in [-0.2, 0) is 43.5 Å². The Morgan fingerprint density at radius 1 is 0.618 bits per heavy atom. The fourth-order valence-corrected chi connectivity index (χ4v) is 4.58. The van der Waals surface area contributed by atoms with Crippen molar-refractivity contribution in [2.75, 3.05) is 12.4 Å². The number of hydrogen-bond acceptors (Lipinski definition) is 5. The normalized spacial score (nSPS) is 24.7. The van der Waals surface area contributed by atoms with Crippen LogP contribution >= 0.6 is 15.9 Å². The van der Waals surface area contributed by atoms with Crippen molar-refractivity contribution in [3.63, 3.8) is 0 Å². The van der Waals surface area contributed by atoms with Crippen molar-refractivity contribution in [2.24, 2.45) is 0 Å². The average Bonchev–Trinajstić information content (AvgIpc) is 2.91. The molecule has 3 aromatic rings. The molecule has 34 heavy (non-hydrogen) atoms. The van der Waals surface area contributed by atoms with Gasteiger partial charge in [-0.05, 0) is 16.7 Å². The van der Waals surface area contributed by atoms with Crippen LogP contribution in [0.2, 0.25) is 0 Å². The lowest BCUT2D eigenvalue weighted by Crippen LogP contribution is -2.61. The Morgan fingerprint density at radius 3 is 1.44 bits per heavy atom. The third kappa shape index (κ3) is 6.75. The number of rotatable bonds is 11. The number of ether oxygens (including phenoxy) is 5. The lowest BCUT2D eigenvalue weighted by molar-refractivity contribution is -0.313. The molecule has 0 spiro atoms. The summed E-state index contributed by atoms with van der Waals surface area (Å²) in [4.78, 5) is 0. The molecule has 1 fully saturated rings. The van der Waals surface area contributed by atoms with E-state index < -0.39 is 18.5 Å². The standard InChI is InChI=1S/C28H31BrO5/c1-30-28-27(33-20-23-15-9-4-10-16-23)26(32-19-22-13-7-3-8-14-22)25(24(17-29)34-28)31-18-21-11-5-2-6-12-21/h2-16,24-28H,17-20H2,1H3. The molecule has 5 unspecified atom stereocenters. The zero-order valence-electron chi connectivity index (χ0n) is 19.3. The van der Waals surface area contributed by atoms with Gasteiger partial charge in [-0.2, -0.15) is 0 Å². The van der Waals surface area contributed by atoms with Gasteiger partial charge in [-0.25, -0.2) is 0 Å². The molecule has 0 amide bonds. The fourth-order valence-electron chi connectivity index (χ4n) is 4.06. The van der Waals surface area contributed by atoms with Gasteiger partial charge >= 0.3 is 0 Å². The SMILES string of the molecule is COC1OC(CBr)C(OCc2ccccc2)C(OCc2ccccc2)C1OCc1ccccc1. The van der Waals surface area contributed by atoms with Crippen molar-refractivity contribution in [1.29, 1.82) is 0 Å². The van der Waals surface area contributed by atoms with E-state index in [9.17, 15) is 0 Å². The first-order valence-corrected chi connectivity index (χ1v) is 12.6. The molecule has 0 radical (unpaired) electrons. The molecule has 0 bridgehead atoms. The van der Waals surface area contributed by atoms with Gasteiger partial charge in [0.2, 0.25) is 0 Å². The third-order valence-corrected chi connectivity index (χ3v) is 6.47. The van der Waals surface area contributed by atoms with Crippen LogP contribution in [0.25, 0.3) is 0 Å². The van der Waals surface area contributed by atoms with E-state index in [0.29, 0.717) is 25.2 Å².